The molecule has 4 heteroatoms. The van der Waals surface area contributed by atoms with E-state index >= 15 is 0 Å². The van der Waals surface area contributed by atoms with Gasteiger partial charge in [-0.05, 0) is 31.6 Å². The predicted octanol–water partition coefficient (Wildman–Crippen LogP) is 2.45. The Morgan fingerprint density at radius 3 is 2.65 bits per heavy atom. The number of benzene rings is 1. The Bertz CT molecular complexity index is 531. The van der Waals surface area contributed by atoms with Crippen LogP contribution in [0.2, 0.25) is 0 Å². The lowest BCUT2D eigenvalue weighted by Gasteiger charge is -2.23. The Balaban J connectivity index is 1.99. The molecule has 1 atom stereocenters. The van der Waals surface area contributed by atoms with Crippen LogP contribution in [0.3, 0.4) is 0 Å². The van der Waals surface area contributed by atoms with Gasteiger partial charge in [-0.3, -0.25) is 9.97 Å². The summed E-state index contributed by atoms with van der Waals surface area (Å²) in [5, 5.41) is 3.58. The SMILES string of the molecule is CCN(CC)CC(C)NCc1cccc2nccnc12. The van der Waals surface area contributed by atoms with Gasteiger partial charge in [0.15, 0.2) is 0 Å². The molecule has 1 N–H and O–H groups in total. The Kier molecular flexibility index (Phi) is 5.44. The minimum atomic E-state index is 0.460. The van der Waals surface area contributed by atoms with E-state index in [1.54, 1.807) is 12.4 Å². The highest BCUT2D eigenvalue weighted by atomic mass is 15.1. The monoisotopic (exact) mass is 272 g/mol. The first kappa shape index (κ1) is 14.9. The van der Waals surface area contributed by atoms with Crippen LogP contribution in [0.5, 0.6) is 0 Å². The maximum atomic E-state index is 4.44. The summed E-state index contributed by atoms with van der Waals surface area (Å²) in [6.45, 7) is 10.7. The Morgan fingerprint density at radius 1 is 1.15 bits per heavy atom. The molecule has 0 bridgehead atoms. The molecule has 2 rings (SSSR count). The van der Waals surface area contributed by atoms with Crippen molar-refractivity contribution in [3.8, 4) is 0 Å². The smallest absolute Gasteiger partial charge is 0.0931 e. The van der Waals surface area contributed by atoms with Crippen LogP contribution in [-0.2, 0) is 6.54 Å². The van der Waals surface area contributed by atoms with Crippen LogP contribution in [0.4, 0.5) is 0 Å². The van der Waals surface area contributed by atoms with Gasteiger partial charge in [-0.2, -0.15) is 0 Å². The molecule has 0 amide bonds. The van der Waals surface area contributed by atoms with Crippen molar-refractivity contribution >= 4 is 11.0 Å². The molecule has 1 heterocycles. The fourth-order valence-corrected chi connectivity index (χ4v) is 2.41. The summed E-state index contributed by atoms with van der Waals surface area (Å²) >= 11 is 0. The van der Waals surface area contributed by atoms with E-state index in [-0.39, 0.29) is 0 Å². The molecular weight excluding hydrogens is 248 g/mol. The Morgan fingerprint density at radius 2 is 1.90 bits per heavy atom. The van der Waals surface area contributed by atoms with Crippen molar-refractivity contribution < 1.29 is 0 Å². The largest absolute Gasteiger partial charge is 0.309 e. The fourth-order valence-electron chi connectivity index (χ4n) is 2.41. The van der Waals surface area contributed by atoms with Gasteiger partial charge in [0.05, 0.1) is 11.0 Å². The van der Waals surface area contributed by atoms with Crippen molar-refractivity contribution in [2.45, 2.75) is 33.4 Å². The molecule has 0 radical (unpaired) electrons. The van der Waals surface area contributed by atoms with E-state index in [2.05, 4.69) is 47.0 Å². The second-order valence-electron chi connectivity index (χ2n) is 5.11. The Labute approximate surface area is 121 Å². The number of nitrogens with one attached hydrogen (secondary N) is 1. The minimum absolute atomic E-state index is 0.460. The summed E-state index contributed by atoms with van der Waals surface area (Å²) in [5.74, 6) is 0. The molecule has 0 saturated carbocycles. The fraction of sp³-hybridized carbons (Fsp3) is 0.500. The molecule has 0 aliphatic carbocycles. The van der Waals surface area contributed by atoms with Crippen LogP contribution >= 0.6 is 0 Å². The topological polar surface area (TPSA) is 41.0 Å². The molecule has 1 aromatic heterocycles. The zero-order chi connectivity index (χ0) is 14.4. The summed E-state index contributed by atoms with van der Waals surface area (Å²) in [6.07, 6.45) is 3.49. The van der Waals surface area contributed by atoms with E-state index in [1.807, 2.05) is 12.1 Å². The van der Waals surface area contributed by atoms with Crippen LogP contribution in [0.25, 0.3) is 11.0 Å². The number of nitrogens with zero attached hydrogens (tertiary/aromatic N) is 3. The predicted molar refractivity (Wildman–Crippen MR) is 83.6 cm³/mol. The highest BCUT2D eigenvalue weighted by molar-refractivity contribution is 5.77. The lowest BCUT2D eigenvalue weighted by molar-refractivity contribution is 0.271. The van der Waals surface area contributed by atoms with Gasteiger partial charge in [-0.15, -0.1) is 0 Å². The van der Waals surface area contributed by atoms with Gasteiger partial charge in [0.25, 0.3) is 0 Å². The van der Waals surface area contributed by atoms with Crippen molar-refractivity contribution in [3.63, 3.8) is 0 Å². The molecule has 1 unspecified atom stereocenters. The third-order valence-corrected chi connectivity index (χ3v) is 3.65. The van der Waals surface area contributed by atoms with E-state index < -0.39 is 0 Å². The van der Waals surface area contributed by atoms with Gasteiger partial charge < -0.3 is 10.2 Å². The van der Waals surface area contributed by atoms with Crippen LogP contribution in [0.1, 0.15) is 26.3 Å². The van der Waals surface area contributed by atoms with Gasteiger partial charge in [0.2, 0.25) is 0 Å². The van der Waals surface area contributed by atoms with Crippen molar-refractivity contribution in [1.82, 2.24) is 20.2 Å². The molecule has 0 fully saturated rings. The molecule has 0 spiro atoms. The first-order chi connectivity index (χ1) is 9.74. The normalized spacial score (nSPS) is 13.0. The van der Waals surface area contributed by atoms with E-state index in [4.69, 9.17) is 0 Å². The lowest BCUT2D eigenvalue weighted by atomic mass is 10.1. The lowest BCUT2D eigenvalue weighted by Crippen LogP contribution is -2.38. The minimum Gasteiger partial charge on any atom is -0.309 e. The number of fused-ring (bicyclic) bond motifs is 1. The van der Waals surface area contributed by atoms with Gasteiger partial charge in [0, 0.05) is 31.5 Å². The average Bonchev–Trinajstić information content (AvgIpc) is 2.50. The molecule has 20 heavy (non-hydrogen) atoms. The van der Waals surface area contributed by atoms with Crippen LogP contribution in [0, 0.1) is 0 Å². The number of para-hydroxylation sites is 1. The van der Waals surface area contributed by atoms with Gasteiger partial charge in [0.1, 0.15) is 0 Å². The highest BCUT2D eigenvalue weighted by Crippen LogP contribution is 2.13. The maximum Gasteiger partial charge on any atom is 0.0931 e. The van der Waals surface area contributed by atoms with Gasteiger partial charge >= 0.3 is 0 Å². The quantitative estimate of drug-likeness (QED) is 0.840. The number of rotatable bonds is 7. The third kappa shape index (κ3) is 3.74. The summed E-state index contributed by atoms with van der Waals surface area (Å²) in [4.78, 5) is 11.2. The van der Waals surface area contributed by atoms with Crippen LogP contribution in [0.15, 0.2) is 30.6 Å². The molecule has 2 aromatic rings. The zero-order valence-corrected chi connectivity index (χ0v) is 12.6. The third-order valence-electron chi connectivity index (χ3n) is 3.65. The van der Waals surface area contributed by atoms with Crippen LogP contribution < -0.4 is 5.32 Å². The number of aromatic nitrogens is 2. The molecule has 0 aliphatic heterocycles. The summed E-state index contributed by atoms with van der Waals surface area (Å²) in [6, 6.07) is 6.63. The summed E-state index contributed by atoms with van der Waals surface area (Å²) in [5.41, 5.74) is 3.17. The van der Waals surface area contributed by atoms with Crippen molar-refractivity contribution in [1.29, 1.82) is 0 Å². The van der Waals surface area contributed by atoms with E-state index in [0.717, 1.165) is 37.2 Å². The molecule has 1 aromatic carbocycles. The van der Waals surface area contributed by atoms with Crippen LogP contribution in [-0.4, -0.2) is 40.5 Å². The standard InChI is InChI=1S/C16H24N4/c1-4-20(5-2)12-13(3)19-11-14-7-6-8-15-16(14)18-10-9-17-15/h6-10,13,19H,4-5,11-12H2,1-3H3. The number of likely N-dealkylation sites (N-methyl/N-ethyl adjacent to an activating group) is 1. The Hall–Kier alpha value is -1.52. The van der Waals surface area contributed by atoms with Gasteiger partial charge in [-0.25, -0.2) is 0 Å². The zero-order valence-electron chi connectivity index (χ0n) is 12.6. The molecule has 4 nitrogen and oxygen atoms in total. The van der Waals surface area contributed by atoms with E-state index in [0.29, 0.717) is 6.04 Å². The van der Waals surface area contributed by atoms with E-state index in [1.165, 1.54) is 5.56 Å². The van der Waals surface area contributed by atoms with E-state index in [9.17, 15) is 0 Å². The maximum absolute atomic E-state index is 4.44. The second-order valence-corrected chi connectivity index (χ2v) is 5.11. The summed E-state index contributed by atoms with van der Waals surface area (Å²) < 4.78 is 0. The summed E-state index contributed by atoms with van der Waals surface area (Å²) in [7, 11) is 0. The first-order valence-electron chi connectivity index (χ1n) is 7.39. The van der Waals surface area contributed by atoms with Crippen molar-refractivity contribution in [2.24, 2.45) is 0 Å². The van der Waals surface area contributed by atoms with Crippen molar-refractivity contribution in [3.05, 3.63) is 36.2 Å². The second kappa shape index (κ2) is 7.31. The molecule has 108 valence electrons. The van der Waals surface area contributed by atoms with Gasteiger partial charge in [-0.1, -0.05) is 26.0 Å². The molecule has 0 aliphatic rings. The highest BCUT2D eigenvalue weighted by Gasteiger charge is 2.08. The average molecular weight is 272 g/mol. The number of hydrogen-bond acceptors (Lipinski definition) is 4. The number of hydrogen-bond donors (Lipinski definition) is 1. The molecule has 0 saturated heterocycles. The van der Waals surface area contributed by atoms with Crippen molar-refractivity contribution in [2.75, 3.05) is 19.6 Å². The molecular formula is C16H24N4. The first-order valence-corrected chi connectivity index (χ1v) is 7.39.